The van der Waals surface area contributed by atoms with Crippen molar-refractivity contribution in [1.29, 1.82) is 0 Å². The molecule has 0 aliphatic heterocycles. The summed E-state index contributed by atoms with van der Waals surface area (Å²) < 4.78 is 4.97. The topological polar surface area (TPSA) is 79.7 Å². The summed E-state index contributed by atoms with van der Waals surface area (Å²) in [4.78, 5) is 14.9. The molecule has 0 aromatic carbocycles. The summed E-state index contributed by atoms with van der Waals surface area (Å²) in [5, 5.41) is 18.4. The number of ether oxygens (including phenoxy) is 1. The average molecular weight is 223 g/mol. The number of aliphatic hydroxyl groups excluding tert-OH is 1. The molecular weight excluding hydrogens is 210 g/mol. The highest BCUT2D eigenvalue weighted by atomic mass is 16.5. The lowest BCUT2D eigenvalue weighted by Crippen LogP contribution is -2.34. The molecule has 16 heavy (non-hydrogen) atoms. The maximum atomic E-state index is 10.8. The van der Waals surface area contributed by atoms with E-state index in [1.807, 2.05) is 0 Å². The Morgan fingerprint density at radius 3 is 2.62 bits per heavy atom. The number of aromatic nitrogens is 1. The highest BCUT2D eigenvalue weighted by Crippen LogP contribution is 2.50. The molecule has 5 heteroatoms. The van der Waals surface area contributed by atoms with Gasteiger partial charge in [-0.1, -0.05) is 0 Å². The summed E-state index contributed by atoms with van der Waals surface area (Å²) in [7, 11) is 1.54. The Bertz CT molecular complexity index is 397. The summed E-state index contributed by atoms with van der Waals surface area (Å²) >= 11 is 0. The van der Waals surface area contributed by atoms with Crippen molar-refractivity contribution in [2.24, 2.45) is 0 Å². The molecule has 0 amide bonds. The van der Waals surface area contributed by atoms with Gasteiger partial charge in [0.05, 0.1) is 13.3 Å². The van der Waals surface area contributed by atoms with Crippen molar-refractivity contribution >= 4 is 5.97 Å². The van der Waals surface area contributed by atoms with Crippen LogP contribution in [0.4, 0.5) is 0 Å². The lowest BCUT2D eigenvalue weighted by atomic mass is 9.94. The Kier molecular flexibility index (Phi) is 2.55. The van der Waals surface area contributed by atoms with Gasteiger partial charge in [0, 0.05) is 11.1 Å². The Balaban J connectivity index is 2.26. The molecule has 1 aromatic heterocycles. The molecular formula is C11H13NO4. The number of carbonyl (C=O) groups is 1. The van der Waals surface area contributed by atoms with E-state index in [9.17, 15) is 9.90 Å². The van der Waals surface area contributed by atoms with Gasteiger partial charge in [-0.25, -0.2) is 4.79 Å². The Morgan fingerprint density at radius 2 is 2.25 bits per heavy atom. The van der Waals surface area contributed by atoms with Gasteiger partial charge in [-0.3, -0.25) is 4.98 Å². The predicted molar refractivity (Wildman–Crippen MR) is 55.3 cm³/mol. The van der Waals surface area contributed by atoms with Crippen molar-refractivity contribution in [3.05, 3.63) is 24.0 Å². The van der Waals surface area contributed by atoms with E-state index in [4.69, 9.17) is 9.84 Å². The molecule has 1 aromatic rings. The van der Waals surface area contributed by atoms with Crippen molar-refractivity contribution in [3.63, 3.8) is 0 Å². The Hall–Kier alpha value is -1.62. The van der Waals surface area contributed by atoms with Crippen molar-refractivity contribution in [2.75, 3.05) is 7.11 Å². The van der Waals surface area contributed by atoms with E-state index in [1.165, 1.54) is 13.3 Å². The minimum absolute atomic E-state index is 0.614. The quantitative estimate of drug-likeness (QED) is 0.780. The molecule has 2 N–H and O–H groups in total. The first-order valence-corrected chi connectivity index (χ1v) is 5.01. The van der Waals surface area contributed by atoms with Crippen LogP contribution < -0.4 is 4.74 Å². The molecule has 1 aliphatic carbocycles. The van der Waals surface area contributed by atoms with Gasteiger partial charge in [0.1, 0.15) is 5.75 Å². The second kappa shape index (κ2) is 3.75. The normalized spacial score (nSPS) is 18.9. The first kappa shape index (κ1) is 10.9. The summed E-state index contributed by atoms with van der Waals surface area (Å²) in [6.07, 6.45) is 1.46. The van der Waals surface area contributed by atoms with Crippen LogP contribution in [0.1, 0.15) is 18.5 Å². The maximum Gasteiger partial charge on any atom is 0.333 e. The summed E-state index contributed by atoms with van der Waals surface area (Å²) in [5.41, 5.74) is -0.0823. The number of pyridine rings is 1. The van der Waals surface area contributed by atoms with Gasteiger partial charge in [0.15, 0.2) is 6.10 Å². The Morgan fingerprint density at radius 1 is 1.56 bits per heavy atom. The molecule has 2 rings (SSSR count). The number of rotatable bonds is 4. The summed E-state index contributed by atoms with van der Waals surface area (Å²) in [5.74, 6) is -0.584. The number of carboxylic acids is 1. The molecule has 0 bridgehead atoms. The summed E-state index contributed by atoms with van der Waals surface area (Å²) in [6.45, 7) is 0. The van der Waals surface area contributed by atoms with Gasteiger partial charge >= 0.3 is 5.97 Å². The van der Waals surface area contributed by atoms with Crippen molar-refractivity contribution in [1.82, 2.24) is 4.98 Å². The lowest BCUT2D eigenvalue weighted by molar-refractivity contribution is -0.148. The lowest BCUT2D eigenvalue weighted by Gasteiger charge is -2.18. The van der Waals surface area contributed by atoms with Gasteiger partial charge in [0.2, 0.25) is 0 Å². The van der Waals surface area contributed by atoms with Crippen LogP contribution in [0.25, 0.3) is 0 Å². The molecule has 1 aliphatic rings. The fraction of sp³-hybridized carbons (Fsp3) is 0.455. The number of hydrogen-bond donors (Lipinski definition) is 2. The van der Waals surface area contributed by atoms with Gasteiger partial charge in [-0.15, -0.1) is 0 Å². The van der Waals surface area contributed by atoms with Crippen LogP contribution in [0, 0.1) is 0 Å². The number of aliphatic hydroxyl groups is 1. The minimum Gasteiger partial charge on any atom is -0.495 e. The maximum absolute atomic E-state index is 10.8. The van der Waals surface area contributed by atoms with Crippen LogP contribution >= 0.6 is 0 Å². The van der Waals surface area contributed by atoms with Crippen molar-refractivity contribution in [2.45, 2.75) is 24.4 Å². The zero-order chi connectivity index (χ0) is 11.8. The monoisotopic (exact) mass is 223 g/mol. The SMILES string of the molecule is COc1ccc(C2(C(O)C(=O)O)CC2)nc1. The molecule has 86 valence electrons. The van der Waals surface area contributed by atoms with Crippen LogP contribution in [-0.2, 0) is 10.2 Å². The fourth-order valence-electron chi connectivity index (χ4n) is 1.84. The van der Waals surface area contributed by atoms with Crippen LogP contribution in [-0.4, -0.2) is 34.4 Å². The molecule has 1 unspecified atom stereocenters. The van der Waals surface area contributed by atoms with E-state index in [-0.39, 0.29) is 0 Å². The highest BCUT2D eigenvalue weighted by molar-refractivity contribution is 5.75. The van der Waals surface area contributed by atoms with Crippen LogP contribution in [0.3, 0.4) is 0 Å². The average Bonchev–Trinajstić information content (AvgIpc) is 3.09. The van der Waals surface area contributed by atoms with Crippen LogP contribution in [0.5, 0.6) is 5.75 Å². The van der Waals surface area contributed by atoms with E-state index < -0.39 is 17.5 Å². The minimum atomic E-state index is -1.38. The molecule has 1 atom stereocenters. The Labute approximate surface area is 92.7 Å². The standard InChI is InChI=1S/C11H13NO4/c1-16-7-2-3-8(12-6-7)11(4-5-11)9(13)10(14)15/h2-3,6,9,13H,4-5H2,1H3,(H,14,15). The molecule has 1 saturated carbocycles. The highest BCUT2D eigenvalue weighted by Gasteiger charge is 2.54. The van der Waals surface area contributed by atoms with Gasteiger partial charge in [-0.05, 0) is 25.0 Å². The fourth-order valence-corrected chi connectivity index (χ4v) is 1.84. The van der Waals surface area contributed by atoms with Crippen molar-refractivity contribution < 1.29 is 19.7 Å². The largest absolute Gasteiger partial charge is 0.495 e. The molecule has 1 heterocycles. The molecule has 1 fully saturated rings. The first-order valence-electron chi connectivity index (χ1n) is 5.01. The van der Waals surface area contributed by atoms with Gasteiger partial charge < -0.3 is 14.9 Å². The molecule has 0 radical (unpaired) electrons. The summed E-state index contributed by atoms with van der Waals surface area (Å²) in [6, 6.07) is 3.43. The third-order valence-corrected chi connectivity index (χ3v) is 3.03. The number of methoxy groups -OCH3 is 1. The number of carboxylic acid groups (broad SMARTS) is 1. The zero-order valence-corrected chi connectivity index (χ0v) is 8.88. The van der Waals surface area contributed by atoms with Crippen LogP contribution in [0.15, 0.2) is 18.3 Å². The van der Waals surface area contributed by atoms with Gasteiger partial charge in [0.25, 0.3) is 0 Å². The third kappa shape index (κ3) is 1.63. The number of aliphatic carboxylic acids is 1. The first-order chi connectivity index (χ1) is 7.60. The van der Waals surface area contributed by atoms with E-state index in [1.54, 1.807) is 12.1 Å². The second-order valence-electron chi connectivity index (χ2n) is 3.98. The number of nitrogens with zero attached hydrogens (tertiary/aromatic N) is 1. The third-order valence-electron chi connectivity index (χ3n) is 3.03. The molecule has 0 saturated heterocycles. The molecule has 5 nitrogen and oxygen atoms in total. The van der Waals surface area contributed by atoms with E-state index in [0.29, 0.717) is 24.3 Å². The zero-order valence-electron chi connectivity index (χ0n) is 8.88. The van der Waals surface area contributed by atoms with E-state index in [0.717, 1.165) is 0 Å². The number of hydrogen-bond acceptors (Lipinski definition) is 4. The van der Waals surface area contributed by atoms with E-state index in [2.05, 4.69) is 4.98 Å². The van der Waals surface area contributed by atoms with Crippen molar-refractivity contribution in [3.8, 4) is 5.75 Å². The second-order valence-corrected chi connectivity index (χ2v) is 3.98. The molecule has 0 spiro atoms. The van der Waals surface area contributed by atoms with E-state index >= 15 is 0 Å². The predicted octanol–water partition coefficient (Wildman–Crippen LogP) is 0.567. The van der Waals surface area contributed by atoms with Crippen LogP contribution in [0.2, 0.25) is 0 Å². The van der Waals surface area contributed by atoms with Gasteiger partial charge in [-0.2, -0.15) is 0 Å². The smallest absolute Gasteiger partial charge is 0.333 e.